The molecular formula is C87H90Cl6N10O10S3. The van der Waals surface area contributed by atoms with Crippen LogP contribution in [0.15, 0.2) is 192 Å². The molecule has 116 heavy (non-hydrogen) atoms. The summed E-state index contributed by atoms with van der Waals surface area (Å²) in [5.41, 5.74) is 6.69. The second-order valence-corrected chi connectivity index (χ2v) is 37.4. The number of aliphatic imine (C=N–C) groups is 3. The van der Waals surface area contributed by atoms with Crippen molar-refractivity contribution in [2.45, 2.75) is 173 Å². The van der Waals surface area contributed by atoms with Crippen LogP contribution in [0.1, 0.15) is 165 Å². The predicted octanol–water partition coefficient (Wildman–Crippen LogP) is 19.0. The lowest BCUT2D eigenvalue weighted by Crippen LogP contribution is -2.51. The zero-order valence-corrected chi connectivity index (χ0v) is 72.7. The number of hydrogen-bond donors (Lipinski definition) is 2. The number of benzene rings is 6. The maximum atomic E-state index is 14.4. The highest BCUT2D eigenvalue weighted by atomic mass is 35.5. The first kappa shape index (κ1) is 84.5. The van der Waals surface area contributed by atoms with E-state index in [1.807, 2.05) is 159 Å². The van der Waals surface area contributed by atoms with Crippen molar-refractivity contribution < 1.29 is 48.5 Å². The van der Waals surface area contributed by atoms with Gasteiger partial charge in [-0.25, -0.2) is 29.4 Å². The fourth-order valence-corrected chi connectivity index (χ4v) is 22.8. The first-order chi connectivity index (χ1) is 55.3. The maximum absolute atomic E-state index is 14.4. The number of allylic oxidation sites excluding steroid dienone is 3. The number of halogens is 6. The highest BCUT2D eigenvalue weighted by Crippen LogP contribution is 2.60. The summed E-state index contributed by atoms with van der Waals surface area (Å²) in [6.45, 7) is 20.5. The molecule has 6 aromatic carbocycles. The molecule has 10 atom stereocenters. The van der Waals surface area contributed by atoms with Crippen molar-refractivity contribution in [1.29, 1.82) is 0 Å². The Morgan fingerprint density at radius 3 is 0.931 bits per heavy atom. The molecule has 16 rings (SSSR count). The van der Waals surface area contributed by atoms with Crippen molar-refractivity contribution in [2.75, 3.05) is 33.3 Å². The molecule has 0 aromatic heterocycles. The van der Waals surface area contributed by atoms with E-state index in [1.165, 1.54) is 47.3 Å². The Morgan fingerprint density at radius 2 is 0.647 bits per heavy atom. The fourth-order valence-electron chi connectivity index (χ4n) is 18.1. The third kappa shape index (κ3) is 15.7. The van der Waals surface area contributed by atoms with E-state index in [-0.39, 0.29) is 59.5 Å². The number of aliphatic carboxylic acids is 2. The quantitative estimate of drug-likeness (QED) is 0.0858. The van der Waals surface area contributed by atoms with Crippen molar-refractivity contribution in [1.82, 2.24) is 34.3 Å². The van der Waals surface area contributed by atoms with E-state index in [1.54, 1.807) is 14.7 Å². The average Bonchev–Trinajstić information content (AvgIpc) is 1.57. The largest absolute Gasteiger partial charge is 0.480 e. The van der Waals surface area contributed by atoms with Gasteiger partial charge in [0.15, 0.2) is 15.5 Å². The van der Waals surface area contributed by atoms with Crippen molar-refractivity contribution >= 4 is 162 Å². The molecule has 10 aliphatic heterocycles. The van der Waals surface area contributed by atoms with Gasteiger partial charge in [-0.1, -0.05) is 184 Å². The van der Waals surface area contributed by atoms with E-state index in [2.05, 4.69) is 63.2 Å². The molecule has 0 aliphatic carbocycles. The van der Waals surface area contributed by atoms with Crippen LogP contribution in [0.3, 0.4) is 0 Å². The van der Waals surface area contributed by atoms with E-state index >= 15 is 0 Å². The van der Waals surface area contributed by atoms with E-state index in [4.69, 9.17) is 89.3 Å². The number of carbonyl (C=O) groups excluding carboxylic acids is 5. The number of carboxylic acid groups (broad SMARTS) is 2. The molecule has 29 heteroatoms. The Morgan fingerprint density at radius 1 is 0.388 bits per heavy atom. The zero-order valence-electron chi connectivity index (χ0n) is 65.7. The van der Waals surface area contributed by atoms with Crippen LogP contribution in [0.2, 0.25) is 30.1 Å². The molecule has 0 saturated carbocycles. The molecule has 0 radical (unpaired) electrons. The Balaban J connectivity index is 0.000000147. The Kier molecular flexibility index (Phi) is 24.8. The minimum absolute atomic E-state index is 0.00411. The Labute approximate surface area is 718 Å². The molecule has 0 bridgehead atoms. The second-order valence-electron chi connectivity index (χ2n) is 31.9. The van der Waals surface area contributed by atoms with Crippen LogP contribution in [-0.2, 0) is 54.9 Å². The molecule has 0 spiro atoms. The van der Waals surface area contributed by atoms with E-state index in [9.17, 15) is 43.8 Å². The minimum Gasteiger partial charge on any atom is -0.480 e. The zero-order chi connectivity index (χ0) is 82.9. The molecule has 10 heterocycles. The van der Waals surface area contributed by atoms with Gasteiger partial charge in [-0.3, -0.25) is 19.2 Å². The summed E-state index contributed by atoms with van der Waals surface area (Å²) >= 11 is 41.3. The SMILES string of the molecule is CC(C)C1=C(C(=O)N2CCC[C@H]2C(=O)N2CCC[C@H]2C(=O)O)SC2=N[C@@](C)(c3ccc(Cl)cc3)[C@@H](c3ccc(Cl)cc3)N21.CC(C)C1=C(C(=O)O)SC2=N[C@@](C)(c3ccc(Cl)cc3)[C@@H](c3ccc(Cl)cc3)N21.COC(=O)[C@@H]1CCCN1C(=O)[C@@H]1CCCN1C(=O)C1=C(C(C)C)N2C(=N[C@@](C)(c3ccc(Cl)cc3)[C@H]2c2ccc(Cl)cc2)S1. The molecule has 2 N–H and O–H groups in total. The van der Waals surface area contributed by atoms with Crippen molar-refractivity contribution in [3.8, 4) is 0 Å². The number of nitrogens with zero attached hydrogens (tertiary/aromatic N) is 10. The maximum Gasteiger partial charge on any atom is 0.344 e. The van der Waals surface area contributed by atoms with Crippen molar-refractivity contribution in [3.63, 3.8) is 0 Å². The summed E-state index contributed by atoms with van der Waals surface area (Å²) in [4.78, 5) is 122. The van der Waals surface area contributed by atoms with Gasteiger partial charge in [0.25, 0.3) is 11.8 Å². The van der Waals surface area contributed by atoms with Crippen LogP contribution < -0.4 is 0 Å². The number of carbonyl (C=O) groups is 7. The van der Waals surface area contributed by atoms with E-state index < -0.39 is 58.7 Å². The van der Waals surface area contributed by atoms with Crippen molar-refractivity contribution in [3.05, 3.63) is 241 Å². The summed E-state index contributed by atoms with van der Waals surface area (Å²) in [5.74, 6) is -3.11. The molecule has 0 unspecified atom stereocenters. The first-order valence-corrected chi connectivity index (χ1v) is 43.7. The highest BCUT2D eigenvalue weighted by Gasteiger charge is 2.58. The normalized spacial score (nSPS) is 25.9. The lowest BCUT2D eigenvalue weighted by atomic mass is 9.81. The summed E-state index contributed by atoms with van der Waals surface area (Å²) in [6, 6.07) is 43.0. The predicted molar refractivity (Wildman–Crippen MR) is 461 cm³/mol. The lowest BCUT2D eigenvalue weighted by Gasteiger charge is -2.37. The summed E-state index contributed by atoms with van der Waals surface area (Å²) < 4.78 is 4.97. The van der Waals surface area contributed by atoms with Gasteiger partial charge in [-0.2, -0.15) is 0 Å². The van der Waals surface area contributed by atoms with Gasteiger partial charge in [0, 0.05) is 73.4 Å². The molecule has 4 amide bonds. The lowest BCUT2D eigenvalue weighted by molar-refractivity contribution is -0.153. The number of methoxy groups -OCH3 is 1. The fraction of sp³-hybridized carbons (Fsp3) is 0.402. The van der Waals surface area contributed by atoms with Crippen molar-refractivity contribution in [2.24, 2.45) is 32.7 Å². The number of esters is 1. The van der Waals surface area contributed by atoms with Crippen LogP contribution in [0.25, 0.3) is 0 Å². The van der Waals surface area contributed by atoms with Gasteiger partial charge < -0.3 is 49.2 Å². The first-order valence-electron chi connectivity index (χ1n) is 39.0. The van der Waals surface area contributed by atoms with Crippen LogP contribution in [0.4, 0.5) is 0 Å². The van der Waals surface area contributed by atoms with E-state index in [0.29, 0.717) is 115 Å². The summed E-state index contributed by atoms with van der Waals surface area (Å²) in [5, 5.41) is 25.5. The van der Waals surface area contributed by atoms with Crippen LogP contribution in [-0.4, -0.2) is 159 Å². The Bertz CT molecular complexity index is 5090. The number of ether oxygens (including phenoxy) is 1. The number of rotatable bonds is 16. The number of carboxylic acids is 2. The van der Waals surface area contributed by atoms with Gasteiger partial charge in [0.2, 0.25) is 11.8 Å². The van der Waals surface area contributed by atoms with E-state index in [0.717, 1.165) is 73.6 Å². The third-order valence-electron chi connectivity index (χ3n) is 23.5. The van der Waals surface area contributed by atoms with Gasteiger partial charge >= 0.3 is 17.9 Å². The van der Waals surface area contributed by atoms with Gasteiger partial charge in [-0.15, -0.1) is 0 Å². The molecule has 20 nitrogen and oxygen atoms in total. The Hall–Kier alpha value is -7.97. The third-order valence-corrected chi connectivity index (χ3v) is 28.2. The standard InChI is InChI=1S/C33H36Cl2N4O4S.C32H34Cl2N4O4S.C22H20Cl2N2O2S/c1-19(2)26-27(30(41)37-17-5-7-24(37)29(40)38-18-6-8-25(38)31(42)43-4)44-32-36-33(3,21-11-15-23(35)16-12-21)28(39(26)32)20-9-13-22(34)14-10-20;1-18(2)25-26(29(40)36-16-4-6-23(36)28(39)37-17-5-7-24(37)30(41)42)43-31-35-32(3,20-10-14-22(34)15-11-20)27(38(25)31)19-8-12-21(33)13-9-19;1-12(2)17-18(20(27)28)29-21-25-22(3,14-6-10-16(24)11-7-14)19(26(17)21)13-4-8-15(23)9-5-13/h9-16,19,24-25,28H,5-8,17-18H2,1-4H3;8-15,18,23-24,27H,4-7,16-17H2,1-3H3,(H,41,42);4-12,19H,1-3H3,(H,27,28)/t24-,25-,28+,33-;23-,24-,27+,32-;19-,22+/m001/s1. The number of amidine groups is 3. The van der Waals surface area contributed by atoms with Gasteiger partial charge in [0.1, 0.15) is 55.5 Å². The molecule has 4 fully saturated rings. The summed E-state index contributed by atoms with van der Waals surface area (Å²) in [6.07, 6.45) is 4.90. The molecule has 608 valence electrons. The topological polar surface area (TPSA) is 229 Å². The average molecular weight is 1740 g/mol. The molecule has 10 aliphatic rings. The molecule has 4 saturated heterocycles. The number of hydrogen-bond acceptors (Lipinski definition) is 17. The number of fused-ring (bicyclic) bond motifs is 3. The van der Waals surface area contributed by atoms with Crippen LogP contribution in [0, 0.1) is 17.8 Å². The van der Waals surface area contributed by atoms with Gasteiger partial charge in [-0.05, 0) is 231 Å². The monoisotopic (exact) mass is 1740 g/mol. The number of likely N-dealkylation sites (tertiary alicyclic amines) is 4. The molecular weight excluding hydrogens is 1650 g/mol. The molecule has 6 aromatic rings. The van der Waals surface area contributed by atoms with Gasteiger partial charge in [0.05, 0.1) is 25.2 Å². The summed E-state index contributed by atoms with van der Waals surface area (Å²) in [7, 11) is 1.34. The second kappa shape index (κ2) is 34.0. The van der Waals surface area contributed by atoms with Crippen LogP contribution >= 0.6 is 105 Å². The smallest absolute Gasteiger partial charge is 0.344 e. The number of thioether (sulfide) groups is 3. The minimum atomic E-state index is -0.992. The number of amides is 4. The highest BCUT2D eigenvalue weighted by molar-refractivity contribution is 8.18. The van der Waals surface area contributed by atoms with Crippen LogP contribution in [0.5, 0.6) is 0 Å².